The number of nitrogens with zero attached hydrogens (tertiary/aromatic N) is 1. The van der Waals surface area contributed by atoms with Crippen LogP contribution in [-0.4, -0.2) is 49.2 Å². The summed E-state index contributed by atoms with van der Waals surface area (Å²) in [5.74, 6) is -0.431. The van der Waals surface area contributed by atoms with Crippen LogP contribution in [0.5, 0.6) is 0 Å². The number of carbonyl (C=O) groups excluding carboxylic acids is 2. The third-order valence-electron chi connectivity index (χ3n) is 2.89. The van der Waals surface area contributed by atoms with E-state index in [0.717, 1.165) is 25.7 Å². The Morgan fingerprint density at radius 2 is 2.11 bits per heavy atom. The highest BCUT2D eigenvalue weighted by molar-refractivity contribution is 5.85. The maximum absolute atomic E-state index is 12.2. The van der Waals surface area contributed by atoms with Gasteiger partial charge in [-0.05, 0) is 32.6 Å². The third kappa shape index (κ3) is 4.64. The molecule has 0 spiro atoms. The summed E-state index contributed by atoms with van der Waals surface area (Å²) in [4.78, 5) is 25.2. The Labute approximate surface area is 108 Å². The van der Waals surface area contributed by atoms with Crippen LogP contribution in [0.1, 0.15) is 39.5 Å². The molecule has 0 aliphatic carbocycles. The summed E-state index contributed by atoms with van der Waals surface area (Å²) in [7, 11) is 0. The second-order valence-corrected chi connectivity index (χ2v) is 4.42. The van der Waals surface area contributed by atoms with Gasteiger partial charge in [0.2, 0.25) is 0 Å². The fourth-order valence-corrected chi connectivity index (χ4v) is 2.04. The number of rotatable bonds is 6. The van der Waals surface area contributed by atoms with E-state index < -0.39 is 0 Å². The molecule has 1 amide bonds. The fraction of sp³-hybridized carbons (Fsp3) is 0.846. The van der Waals surface area contributed by atoms with E-state index in [4.69, 9.17) is 9.47 Å². The monoisotopic (exact) mass is 257 g/mol. The number of carbonyl (C=O) groups is 2. The molecule has 0 saturated carbocycles. The highest BCUT2D eigenvalue weighted by Crippen LogP contribution is 2.15. The smallest absolute Gasteiger partial charge is 0.325 e. The number of amides is 1. The first-order valence-electron chi connectivity index (χ1n) is 6.75. The third-order valence-corrected chi connectivity index (χ3v) is 2.89. The molecule has 1 heterocycles. The molecule has 1 aliphatic rings. The number of hydrogen-bond donors (Lipinski definition) is 0. The van der Waals surface area contributed by atoms with E-state index in [-0.39, 0.29) is 24.5 Å². The zero-order chi connectivity index (χ0) is 13.4. The van der Waals surface area contributed by atoms with Crippen LogP contribution in [-0.2, 0) is 19.1 Å². The summed E-state index contributed by atoms with van der Waals surface area (Å²) in [5.41, 5.74) is 0. The molecule has 104 valence electrons. The van der Waals surface area contributed by atoms with Crippen molar-refractivity contribution in [1.29, 1.82) is 0 Å². The summed E-state index contributed by atoms with van der Waals surface area (Å²) >= 11 is 0. The van der Waals surface area contributed by atoms with Gasteiger partial charge in [-0.2, -0.15) is 0 Å². The predicted molar refractivity (Wildman–Crippen MR) is 67.1 cm³/mol. The summed E-state index contributed by atoms with van der Waals surface area (Å²) in [6.07, 6.45) is 3.21. The van der Waals surface area contributed by atoms with Gasteiger partial charge in [-0.15, -0.1) is 0 Å². The minimum atomic E-state index is -0.375. The molecule has 1 rings (SSSR count). The van der Waals surface area contributed by atoms with Crippen molar-refractivity contribution in [2.45, 2.75) is 45.6 Å². The average molecular weight is 257 g/mol. The van der Waals surface area contributed by atoms with Crippen molar-refractivity contribution in [3.05, 3.63) is 0 Å². The van der Waals surface area contributed by atoms with Gasteiger partial charge in [-0.3, -0.25) is 9.59 Å². The second kappa shape index (κ2) is 8.08. The average Bonchev–Trinajstić information content (AvgIpc) is 2.39. The van der Waals surface area contributed by atoms with Crippen LogP contribution in [0.15, 0.2) is 0 Å². The van der Waals surface area contributed by atoms with Crippen molar-refractivity contribution >= 4 is 11.9 Å². The van der Waals surface area contributed by atoms with E-state index in [9.17, 15) is 9.59 Å². The molecule has 0 aromatic heterocycles. The molecule has 1 saturated heterocycles. The molecule has 0 aromatic carbocycles. The van der Waals surface area contributed by atoms with Gasteiger partial charge >= 0.3 is 5.97 Å². The van der Waals surface area contributed by atoms with Crippen molar-refractivity contribution in [1.82, 2.24) is 4.90 Å². The largest absolute Gasteiger partial charge is 0.465 e. The maximum atomic E-state index is 12.2. The molecule has 0 aromatic rings. The van der Waals surface area contributed by atoms with Crippen LogP contribution in [0.2, 0.25) is 0 Å². The summed E-state index contributed by atoms with van der Waals surface area (Å²) in [6.45, 7) is 5.31. The van der Waals surface area contributed by atoms with Gasteiger partial charge in [0.25, 0.3) is 5.91 Å². The van der Waals surface area contributed by atoms with Crippen LogP contribution < -0.4 is 0 Å². The molecule has 1 aliphatic heterocycles. The normalized spacial score (nSPS) is 19.3. The van der Waals surface area contributed by atoms with Gasteiger partial charge in [0.05, 0.1) is 6.61 Å². The van der Waals surface area contributed by atoms with Crippen LogP contribution in [0, 0.1) is 0 Å². The van der Waals surface area contributed by atoms with Crippen molar-refractivity contribution < 1.29 is 19.1 Å². The zero-order valence-corrected chi connectivity index (χ0v) is 11.3. The molecule has 1 unspecified atom stereocenters. The van der Waals surface area contributed by atoms with E-state index in [1.807, 2.05) is 6.92 Å². The lowest BCUT2D eigenvalue weighted by Gasteiger charge is -2.28. The quantitative estimate of drug-likeness (QED) is 0.674. The number of esters is 1. The van der Waals surface area contributed by atoms with Crippen molar-refractivity contribution in [3.8, 4) is 0 Å². The fourth-order valence-electron chi connectivity index (χ4n) is 2.04. The van der Waals surface area contributed by atoms with Crippen molar-refractivity contribution in [2.24, 2.45) is 0 Å². The van der Waals surface area contributed by atoms with Gasteiger partial charge in [-0.25, -0.2) is 0 Å². The SMILES string of the molecule is CCCN(CC(=O)OCC)C(=O)C1CCCCO1. The topological polar surface area (TPSA) is 55.8 Å². The molecule has 18 heavy (non-hydrogen) atoms. The van der Waals surface area contributed by atoms with E-state index >= 15 is 0 Å². The van der Waals surface area contributed by atoms with Gasteiger partial charge in [0.1, 0.15) is 12.6 Å². The minimum absolute atomic E-state index is 0.0281. The van der Waals surface area contributed by atoms with Gasteiger partial charge < -0.3 is 14.4 Å². The minimum Gasteiger partial charge on any atom is -0.465 e. The standard InChI is InChI=1S/C13H23NO4/c1-3-8-14(10-12(15)17-4-2)13(16)11-7-5-6-9-18-11/h11H,3-10H2,1-2H3. The molecular weight excluding hydrogens is 234 g/mol. The molecule has 1 atom stereocenters. The van der Waals surface area contributed by atoms with E-state index in [1.54, 1.807) is 11.8 Å². The Balaban J connectivity index is 2.53. The van der Waals surface area contributed by atoms with Crippen LogP contribution in [0.4, 0.5) is 0 Å². The number of ether oxygens (including phenoxy) is 2. The Kier molecular flexibility index (Phi) is 6.72. The van der Waals surface area contributed by atoms with Crippen molar-refractivity contribution in [2.75, 3.05) is 26.3 Å². The second-order valence-electron chi connectivity index (χ2n) is 4.42. The first-order valence-corrected chi connectivity index (χ1v) is 6.75. The summed E-state index contributed by atoms with van der Waals surface area (Å²) in [5, 5.41) is 0. The van der Waals surface area contributed by atoms with Crippen LogP contribution in [0.3, 0.4) is 0 Å². The molecule has 0 N–H and O–H groups in total. The highest BCUT2D eigenvalue weighted by atomic mass is 16.5. The van der Waals surface area contributed by atoms with Crippen LogP contribution >= 0.6 is 0 Å². The lowest BCUT2D eigenvalue weighted by Crippen LogP contribution is -2.44. The first-order chi connectivity index (χ1) is 8.69. The zero-order valence-electron chi connectivity index (χ0n) is 11.3. The van der Waals surface area contributed by atoms with E-state index in [2.05, 4.69) is 0 Å². The maximum Gasteiger partial charge on any atom is 0.325 e. The highest BCUT2D eigenvalue weighted by Gasteiger charge is 2.27. The van der Waals surface area contributed by atoms with Crippen molar-refractivity contribution in [3.63, 3.8) is 0 Å². The Morgan fingerprint density at radius 1 is 1.33 bits per heavy atom. The molecule has 0 radical (unpaired) electrons. The van der Waals surface area contributed by atoms with E-state index in [1.165, 1.54) is 0 Å². The van der Waals surface area contributed by atoms with Gasteiger partial charge in [-0.1, -0.05) is 6.92 Å². The van der Waals surface area contributed by atoms with Crippen LogP contribution in [0.25, 0.3) is 0 Å². The molecule has 5 nitrogen and oxygen atoms in total. The molecule has 0 bridgehead atoms. The number of hydrogen-bond acceptors (Lipinski definition) is 4. The summed E-state index contributed by atoms with van der Waals surface area (Å²) in [6, 6.07) is 0. The van der Waals surface area contributed by atoms with Gasteiger partial charge in [0, 0.05) is 13.2 Å². The summed E-state index contributed by atoms with van der Waals surface area (Å²) < 4.78 is 10.3. The Morgan fingerprint density at radius 3 is 2.67 bits per heavy atom. The lowest BCUT2D eigenvalue weighted by atomic mass is 10.1. The van der Waals surface area contributed by atoms with Gasteiger partial charge in [0.15, 0.2) is 0 Å². The molecule has 5 heteroatoms. The molecular formula is C13H23NO4. The molecule has 1 fully saturated rings. The first kappa shape index (κ1) is 15.0. The lowest BCUT2D eigenvalue weighted by molar-refractivity contribution is -0.155. The van der Waals surface area contributed by atoms with E-state index in [0.29, 0.717) is 19.8 Å². The Bertz CT molecular complexity index is 274. The Hall–Kier alpha value is -1.10. The predicted octanol–water partition coefficient (Wildman–Crippen LogP) is 1.36.